The summed E-state index contributed by atoms with van der Waals surface area (Å²) in [7, 11) is 1.25. The Morgan fingerprint density at radius 1 is 1.35 bits per heavy atom. The normalized spacial score (nSPS) is 14.6. The molecule has 2 rings (SSSR count). The van der Waals surface area contributed by atoms with Crippen LogP contribution in [0.1, 0.15) is 18.9 Å². The lowest BCUT2D eigenvalue weighted by molar-refractivity contribution is -0.144. The quantitative estimate of drug-likeness (QED) is 0.851. The fourth-order valence-electron chi connectivity index (χ4n) is 2.51. The largest absolute Gasteiger partial charge is 0.467 e. The first-order chi connectivity index (χ1) is 11.0. The van der Waals surface area contributed by atoms with Gasteiger partial charge in [0.05, 0.1) is 7.11 Å². The summed E-state index contributed by atoms with van der Waals surface area (Å²) in [6, 6.07) is 6.99. The lowest BCUT2D eigenvalue weighted by Gasteiger charge is -2.29. The lowest BCUT2D eigenvalue weighted by Crippen LogP contribution is -2.43. The zero-order valence-electron chi connectivity index (χ0n) is 13.2. The van der Waals surface area contributed by atoms with E-state index in [9.17, 15) is 14.4 Å². The molecule has 0 spiro atoms. The molecule has 0 bridgehead atoms. The second kappa shape index (κ2) is 8.01. The molecule has 1 aliphatic heterocycles. The van der Waals surface area contributed by atoms with Crippen molar-refractivity contribution in [1.82, 2.24) is 5.32 Å². The molecule has 0 fully saturated rings. The van der Waals surface area contributed by atoms with Gasteiger partial charge in [-0.25, -0.2) is 4.79 Å². The third-order valence-corrected chi connectivity index (χ3v) is 4.53. The first kappa shape index (κ1) is 17.3. The molecule has 0 saturated heterocycles. The van der Waals surface area contributed by atoms with Crippen LogP contribution in [0.2, 0.25) is 0 Å². The second-order valence-electron chi connectivity index (χ2n) is 5.24. The maximum atomic E-state index is 12.5. The number of thioether (sulfide) groups is 1. The third-order valence-electron chi connectivity index (χ3n) is 3.57. The van der Waals surface area contributed by atoms with Crippen LogP contribution >= 0.6 is 11.8 Å². The van der Waals surface area contributed by atoms with Gasteiger partial charge in [-0.1, -0.05) is 30.0 Å². The molecule has 124 valence electrons. The lowest BCUT2D eigenvalue weighted by atomic mass is 10.0. The van der Waals surface area contributed by atoms with Crippen LogP contribution in [0.5, 0.6) is 0 Å². The fraction of sp³-hybridized carbons (Fsp3) is 0.438. The maximum absolute atomic E-state index is 12.5. The second-order valence-corrected chi connectivity index (χ2v) is 6.21. The van der Waals surface area contributed by atoms with Crippen molar-refractivity contribution in [2.24, 2.45) is 0 Å². The van der Waals surface area contributed by atoms with E-state index in [1.807, 2.05) is 24.3 Å². The van der Waals surface area contributed by atoms with E-state index in [0.717, 1.165) is 35.9 Å². The molecule has 1 aliphatic rings. The average molecular weight is 336 g/mol. The van der Waals surface area contributed by atoms with Crippen molar-refractivity contribution >= 4 is 34.6 Å². The Morgan fingerprint density at radius 2 is 2.09 bits per heavy atom. The van der Waals surface area contributed by atoms with E-state index in [4.69, 9.17) is 0 Å². The van der Waals surface area contributed by atoms with Gasteiger partial charge in [0.1, 0.15) is 6.04 Å². The number of hydrogen-bond donors (Lipinski definition) is 1. The Bertz CT molecular complexity index is 605. The topological polar surface area (TPSA) is 75.7 Å². The van der Waals surface area contributed by atoms with Crippen LogP contribution in [-0.2, 0) is 20.7 Å². The van der Waals surface area contributed by atoms with E-state index in [0.29, 0.717) is 6.54 Å². The average Bonchev–Trinajstić information content (AvgIpc) is 2.56. The molecular weight excluding hydrogens is 316 g/mol. The van der Waals surface area contributed by atoms with Crippen LogP contribution < -0.4 is 10.2 Å². The highest BCUT2D eigenvalue weighted by Crippen LogP contribution is 2.29. The smallest absolute Gasteiger partial charge is 0.329 e. The van der Waals surface area contributed by atoms with Crippen molar-refractivity contribution in [2.45, 2.75) is 25.8 Å². The van der Waals surface area contributed by atoms with Gasteiger partial charge in [-0.05, 0) is 24.5 Å². The summed E-state index contributed by atoms with van der Waals surface area (Å²) in [5.74, 6) is -0.750. The number of aryl methyl sites for hydroxylation is 1. The number of rotatable bonds is 4. The summed E-state index contributed by atoms with van der Waals surface area (Å²) >= 11 is 1.01. The molecule has 1 heterocycles. The molecule has 0 aromatic heterocycles. The van der Waals surface area contributed by atoms with Gasteiger partial charge in [-0.15, -0.1) is 0 Å². The minimum absolute atomic E-state index is 0.128. The predicted molar refractivity (Wildman–Crippen MR) is 89.6 cm³/mol. The molecule has 6 nitrogen and oxygen atoms in total. The summed E-state index contributed by atoms with van der Waals surface area (Å²) in [6.45, 7) is 1.98. The first-order valence-electron chi connectivity index (χ1n) is 7.40. The van der Waals surface area contributed by atoms with Gasteiger partial charge < -0.3 is 15.0 Å². The number of nitrogens with zero attached hydrogens (tertiary/aromatic N) is 1. The summed E-state index contributed by atoms with van der Waals surface area (Å²) in [5.41, 5.74) is 2.07. The first-order valence-corrected chi connectivity index (χ1v) is 8.38. The molecule has 1 aromatic carbocycles. The Kier molecular flexibility index (Phi) is 6.04. The van der Waals surface area contributed by atoms with Gasteiger partial charge in [0.15, 0.2) is 0 Å². The summed E-state index contributed by atoms with van der Waals surface area (Å²) in [4.78, 5) is 37.0. The summed E-state index contributed by atoms with van der Waals surface area (Å²) < 4.78 is 4.66. The van der Waals surface area contributed by atoms with Gasteiger partial charge in [0.25, 0.3) is 5.24 Å². The minimum atomic E-state index is -0.827. The van der Waals surface area contributed by atoms with E-state index in [2.05, 4.69) is 10.1 Å². The Hall–Kier alpha value is -2.02. The highest BCUT2D eigenvalue weighted by molar-refractivity contribution is 8.13. The molecule has 23 heavy (non-hydrogen) atoms. The van der Waals surface area contributed by atoms with Crippen molar-refractivity contribution in [3.05, 3.63) is 29.8 Å². The number of carbonyl (C=O) groups is 3. The standard InChI is InChI=1S/C16H20N2O4S/c1-11(19)17-13(15(20)22-2)10-23-16(21)18-9-5-7-12-6-3-4-8-14(12)18/h3-4,6,8,13H,5,7,9-10H2,1-2H3,(H,17,19)/t13-/m0/s1. The molecule has 0 unspecified atom stereocenters. The van der Waals surface area contributed by atoms with Crippen LogP contribution in [0.15, 0.2) is 24.3 Å². The highest BCUT2D eigenvalue weighted by atomic mass is 32.2. The van der Waals surface area contributed by atoms with Crippen LogP contribution in [0.4, 0.5) is 10.5 Å². The van der Waals surface area contributed by atoms with E-state index in [1.165, 1.54) is 14.0 Å². The van der Waals surface area contributed by atoms with Gasteiger partial charge in [0, 0.05) is 24.9 Å². The van der Waals surface area contributed by atoms with Gasteiger partial charge in [-0.2, -0.15) is 0 Å². The number of anilines is 1. The van der Waals surface area contributed by atoms with Crippen molar-refractivity contribution < 1.29 is 19.1 Å². The molecule has 0 aliphatic carbocycles. The van der Waals surface area contributed by atoms with Crippen molar-refractivity contribution in [1.29, 1.82) is 0 Å². The van der Waals surface area contributed by atoms with Gasteiger partial charge in [-0.3, -0.25) is 9.59 Å². The number of hydrogen-bond acceptors (Lipinski definition) is 5. The van der Waals surface area contributed by atoms with Crippen molar-refractivity contribution in [2.75, 3.05) is 24.3 Å². The molecule has 2 amide bonds. The van der Waals surface area contributed by atoms with Gasteiger partial charge >= 0.3 is 5.97 Å². The maximum Gasteiger partial charge on any atom is 0.329 e. The number of ether oxygens (including phenoxy) is 1. The number of nitrogens with one attached hydrogen (secondary N) is 1. The molecule has 0 radical (unpaired) electrons. The summed E-state index contributed by atoms with van der Waals surface area (Å²) in [6.07, 6.45) is 1.87. The zero-order chi connectivity index (χ0) is 16.8. The monoisotopic (exact) mass is 336 g/mol. The molecule has 1 N–H and O–H groups in total. The van der Waals surface area contributed by atoms with Crippen molar-refractivity contribution in [3.8, 4) is 0 Å². The Balaban J connectivity index is 2.01. The minimum Gasteiger partial charge on any atom is -0.467 e. The number of carbonyl (C=O) groups excluding carboxylic acids is 3. The fourth-order valence-corrected chi connectivity index (χ4v) is 3.39. The van der Waals surface area contributed by atoms with Crippen LogP contribution in [0.25, 0.3) is 0 Å². The van der Waals surface area contributed by atoms with Crippen LogP contribution in [0, 0.1) is 0 Å². The van der Waals surface area contributed by atoms with Crippen molar-refractivity contribution in [3.63, 3.8) is 0 Å². The number of methoxy groups -OCH3 is 1. The van der Waals surface area contributed by atoms with E-state index in [-0.39, 0.29) is 16.9 Å². The predicted octanol–water partition coefficient (Wildman–Crippen LogP) is 1.97. The number of benzene rings is 1. The highest BCUT2D eigenvalue weighted by Gasteiger charge is 2.26. The molecule has 1 atom stereocenters. The van der Waals surface area contributed by atoms with Crippen LogP contribution in [-0.4, -0.2) is 42.6 Å². The van der Waals surface area contributed by atoms with E-state index >= 15 is 0 Å². The van der Waals surface area contributed by atoms with E-state index in [1.54, 1.807) is 4.90 Å². The number of para-hydroxylation sites is 1. The molecule has 1 aromatic rings. The number of fused-ring (bicyclic) bond motifs is 1. The van der Waals surface area contributed by atoms with Crippen LogP contribution in [0.3, 0.4) is 0 Å². The molecular formula is C16H20N2O4S. The summed E-state index contributed by atoms with van der Waals surface area (Å²) in [5, 5.41) is 2.37. The molecule has 7 heteroatoms. The molecule has 0 saturated carbocycles. The zero-order valence-corrected chi connectivity index (χ0v) is 14.0. The van der Waals surface area contributed by atoms with E-state index < -0.39 is 12.0 Å². The SMILES string of the molecule is COC(=O)[C@H](CSC(=O)N1CCCc2ccccc21)NC(C)=O. The van der Waals surface area contributed by atoms with Gasteiger partial charge in [0.2, 0.25) is 5.91 Å². The third kappa shape index (κ3) is 4.48. The Labute approximate surface area is 139 Å². The Morgan fingerprint density at radius 3 is 2.78 bits per heavy atom. The number of esters is 1. The number of amides is 2.